The third-order valence-corrected chi connectivity index (χ3v) is 6.05. The molecular formula is C20H21N3O3S. The molecule has 0 aliphatic heterocycles. The van der Waals surface area contributed by atoms with E-state index in [1.54, 1.807) is 17.7 Å². The lowest BCUT2D eigenvalue weighted by Gasteiger charge is -2.19. The summed E-state index contributed by atoms with van der Waals surface area (Å²) in [6, 6.07) is 12.8. The van der Waals surface area contributed by atoms with Crippen molar-refractivity contribution in [3.05, 3.63) is 57.7 Å². The van der Waals surface area contributed by atoms with Gasteiger partial charge in [0.15, 0.2) is 0 Å². The molecule has 140 valence electrons. The Kier molecular flexibility index (Phi) is 4.72. The number of hydrogen-bond acceptors (Lipinski definition) is 5. The number of nitrogens with one attached hydrogen (secondary N) is 1. The predicted molar refractivity (Wildman–Crippen MR) is 108 cm³/mol. The largest absolute Gasteiger partial charge is 0.365 e. The lowest BCUT2D eigenvalue weighted by atomic mass is 10.2. The van der Waals surface area contributed by atoms with Gasteiger partial charge in [-0.05, 0) is 30.5 Å². The number of fused-ring (bicyclic) bond motifs is 1. The van der Waals surface area contributed by atoms with E-state index < -0.39 is 5.91 Å². The number of nitrogens with two attached hydrogens (primary N) is 1. The highest BCUT2D eigenvalue weighted by Gasteiger charge is 2.29. The van der Waals surface area contributed by atoms with Crippen LogP contribution in [0.15, 0.2) is 47.3 Å². The van der Waals surface area contributed by atoms with Crippen LogP contribution in [0.2, 0.25) is 0 Å². The Morgan fingerprint density at radius 3 is 2.67 bits per heavy atom. The van der Waals surface area contributed by atoms with Crippen molar-refractivity contribution in [1.82, 2.24) is 4.57 Å². The van der Waals surface area contributed by atoms with E-state index in [9.17, 15) is 9.59 Å². The minimum Gasteiger partial charge on any atom is -0.365 e. The number of anilines is 2. The molecule has 27 heavy (non-hydrogen) atoms. The predicted octanol–water partition coefficient (Wildman–Crippen LogP) is 3.85. The highest BCUT2D eigenvalue weighted by atomic mass is 32.1. The number of carbonyl (C=O) groups is 1. The van der Waals surface area contributed by atoms with Crippen LogP contribution in [-0.2, 0) is 4.74 Å². The number of thiophene rings is 1. The van der Waals surface area contributed by atoms with E-state index in [1.807, 2.05) is 30.3 Å². The van der Waals surface area contributed by atoms with Gasteiger partial charge in [0.25, 0.3) is 11.5 Å². The summed E-state index contributed by atoms with van der Waals surface area (Å²) in [5, 5.41) is 4.07. The van der Waals surface area contributed by atoms with Crippen LogP contribution < -0.4 is 16.6 Å². The molecule has 1 unspecified atom stereocenters. The van der Waals surface area contributed by atoms with Gasteiger partial charge in [-0.1, -0.05) is 31.0 Å². The smallest absolute Gasteiger partial charge is 0.261 e. The Morgan fingerprint density at radius 1 is 1.30 bits per heavy atom. The van der Waals surface area contributed by atoms with E-state index >= 15 is 0 Å². The molecule has 7 heteroatoms. The summed E-state index contributed by atoms with van der Waals surface area (Å²) in [5.74, 6) is 0.0689. The number of para-hydroxylation sites is 1. The maximum atomic E-state index is 12.6. The fourth-order valence-corrected chi connectivity index (χ4v) is 4.43. The van der Waals surface area contributed by atoms with Gasteiger partial charge >= 0.3 is 0 Å². The van der Waals surface area contributed by atoms with Crippen LogP contribution in [0.3, 0.4) is 0 Å². The lowest BCUT2D eigenvalue weighted by molar-refractivity contribution is 0.0336. The average Bonchev–Trinajstić information content (AvgIpc) is 3.41. The molecule has 1 aromatic carbocycles. The molecule has 0 radical (unpaired) electrons. The zero-order valence-corrected chi connectivity index (χ0v) is 15.8. The average molecular weight is 383 g/mol. The molecule has 4 rings (SSSR count). The van der Waals surface area contributed by atoms with Crippen LogP contribution in [0.1, 0.15) is 35.2 Å². The number of aromatic nitrogens is 1. The number of hydrogen-bond donors (Lipinski definition) is 2. The van der Waals surface area contributed by atoms with Gasteiger partial charge < -0.3 is 15.8 Å². The Balaban J connectivity index is 1.87. The van der Waals surface area contributed by atoms with E-state index in [-0.39, 0.29) is 11.8 Å². The molecule has 1 aliphatic rings. The first-order valence-electron chi connectivity index (χ1n) is 8.91. The second-order valence-corrected chi connectivity index (χ2v) is 7.79. The number of rotatable bonds is 7. The van der Waals surface area contributed by atoms with Gasteiger partial charge in [-0.3, -0.25) is 14.2 Å². The normalized spacial score (nSPS) is 15.0. The van der Waals surface area contributed by atoms with Crippen LogP contribution in [0.5, 0.6) is 0 Å². The number of carbonyl (C=O) groups excluding carboxylic acids is 1. The molecule has 0 saturated heterocycles. The van der Waals surface area contributed by atoms with Crippen LogP contribution >= 0.6 is 11.3 Å². The van der Waals surface area contributed by atoms with Crippen molar-refractivity contribution in [3.63, 3.8) is 0 Å². The standard InChI is InChI=1S/C20H21N3O3S/c1-26-16(11-12-7-8-12)23-15(24)10-9-14-17(18(19(21)25)27-20(14)23)22-13-5-3-2-4-6-13/h2-6,9-10,12,16,22H,7-8,11H2,1H3,(H2,21,25). The first-order valence-corrected chi connectivity index (χ1v) is 9.73. The van der Waals surface area contributed by atoms with Crippen LogP contribution in [0, 0.1) is 5.92 Å². The van der Waals surface area contributed by atoms with Crippen molar-refractivity contribution in [2.75, 3.05) is 12.4 Å². The molecule has 1 amide bonds. The number of benzene rings is 1. The molecular weight excluding hydrogens is 362 g/mol. The van der Waals surface area contributed by atoms with Gasteiger partial charge in [0.05, 0.1) is 5.69 Å². The summed E-state index contributed by atoms with van der Waals surface area (Å²) in [6.07, 6.45) is 2.78. The first kappa shape index (κ1) is 17.8. The summed E-state index contributed by atoms with van der Waals surface area (Å²) in [5.41, 5.74) is 6.97. The Morgan fingerprint density at radius 2 is 2.04 bits per heavy atom. The number of pyridine rings is 1. The van der Waals surface area contributed by atoms with Gasteiger partial charge in [-0.2, -0.15) is 0 Å². The first-order chi connectivity index (χ1) is 13.1. The minimum absolute atomic E-state index is 0.140. The zero-order chi connectivity index (χ0) is 19.0. The number of nitrogens with zero attached hydrogens (tertiary/aromatic N) is 1. The summed E-state index contributed by atoms with van der Waals surface area (Å²) < 4.78 is 7.29. The van der Waals surface area contributed by atoms with Gasteiger partial charge in [-0.15, -0.1) is 11.3 Å². The maximum absolute atomic E-state index is 12.6. The Labute approximate surface area is 160 Å². The zero-order valence-electron chi connectivity index (χ0n) is 15.0. The SMILES string of the molecule is COC(CC1CC1)n1c(=O)ccc2c(Nc3ccccc3)c(C(N)=O)sc21. The molecule has 3 aromatic rings. The van der Waals surface area contributed by atoms with Crippen molar-refractivity contribution in [3.8, 4) is 0 Å². The molecule has 2 aromatic heterocycles. The van der Waals surface area contributed by atoms with E-state index in [0.29, 0.717) is 21.3 Å². The molecule has 6 nitrogen and oxygen atoms in total. The summed E-state index contributed by atoms with van der Waals surface area (Å²) in [7, 11) is 1.62. The van der Waals surface area contributed by atoms with Crippen molar-refractivity contribution in [2.24, 2.45) is 11.7 Å². The summed E-state index contributed by atoms with van der Waals surface area (Å²) in [4.78, 5) is 25.8. The quantitative estimate of drug-likeness (QED) is 0.649. The van der Waals surface area contributed by atoms with Crippen LogP contribution in [-0.4, -0.2) is 17.6 Å². The third kappa shape index (κ3) is 3.48. The van der Waals surface area contributed by atoms with Gasteiger partial charge in [0.1, 0.15) is 15.9 Å². The lowest BCUT2D eigenvalue weighted by Crippen LogP contribution is -2.25. The van der Waals surface area contributed by atoms with E-state index in [1.165, 1.54) is 30.2 Å². The van der Waals surface area contributed by atoms with Gasteiger partial charge in [0, 0.05) is 24.2 Å². The van der Waals surface area contributed by atoms with Crippen molar-refractivity contribution in [1.29, 1.82) is 0 Å². The molecule has 0 spiro atoms. The van der Waals surface area contributed by atoms with Crippen LogP contribution in [0.4, 0.5) is 11.4 Å². The molecule has 3 N–H and O–H groups in total. The summed E-state index contributed by atoms with van der Waals surface area (Å²) in [6.45, 7) is 0. The monoisotopic (exact) mass is 383 g/mol. The van der Waals surface area contributed by atoms with Crippen molar-refractivity contribution in [2.45, 2.75) is 25.5 Å². The molecule has 0 bridgehead atoms. The molecule has 1 fully saturated rings. The number of primary amides is 1. The maximum Gasteiger partial charge on any atom is 0.261 e. The van der Waals surface area contributed by atoms with E-state index in [0.717, 1.165) is 17.5 Å². The second kappa shape index (κ2) is 7.17. The highest BCUT2D eigenvalue weighted by molar-refractivity contribution is 7.21. The minimum atomic E-state index is -0.523. The second-order valence-electron chi connectivity index (χ2n) is 6.79. The molecule has 1 atom stereocenters. The molecule has 1 saturated carbocycles. The van der Waals surface area contributed by atoms with Gasteiger partial charge in [0.2, 0.25) is 0 Å². The van der Waals surface area contributed by atoms with Crippen LogP contribution in [0.25, 0.3) is 10.2 Å². The fraction of sp³-hybridized carbons (Fsp3) is 0.300. The third-order valence-electron chi connectivity index (χ3n) is 4.83. The van der Waals surface area contributed by atoms with E-state index in [4.69, 9.17) is 10.5 Å². The topological polar surface area (TPSA) is 86.3 Å². The Hall–Kier alpha value is -2.64. The van der Waals surface area contributed by atoms with E-state index in [2.05, 4.69) is 5.32 Å². The van der Waals surface area contributed by atoms with Gasteiger partial charge in [-0.25, -0.2) is 0 Å². The number of ether oxygens (including phenoxy) is 1. The fourth-order valence-electron chi connectivity index (χ4n) is 3.28. The van der Waals surface area contributed by atoms with Crippen molar-refractivity contribution < 1.29 is 9.53 Å². The molecule has 1 aliphatic carbocycles. The highest BCUT2D eigenvalue weighted by Crippen LogP contribution is 2.41. The number of methoxy groups -OCH3 is 1. The van der Waals surface area contributed by atoms with Crippen molar-refractivity contribution >= 4 is 38.8 Å². The number of amides is 1. The molecule has 2 heterocycles. The summed E-state index contributed by atoms with van der Waals surface area (Å²) >= 11 is 1.23. The Bertz CT molecular complexity index is 1040.